The van der Waals surface area contributed by atoms with Crippen LogP contribution in [0.25, 0.3) is 10.9 Å². The van der Waals surface area contributed by atoms with Crippen molar-refractivity contribution < 1.29 is 47.7 Å². The van der Waals surface area contributed by atoms with E-state index in [0.29, 0.717) is 37.2 Å². The lowest BCUT2D eigenvalue weighted by Gasteiger charge is -2.49. The summed E-state index contributed by atoms with van der Waals surface area (Å²) in [5.74, 6) is -2.23. The number of benzene rings is 2. The van der Waals surface area contributed by atoms with Crippen molar-refractivity contribution in [1.29, 1.82) is 0 Å². The second kappa shape index (κ2) is 18.3. The number of ether oxygens (including phenoxy) is 5. The van der Waals surface area contributed by atoms with E-state index >= 15 is 0 Å². The molecule has 0 radical (unpaired) electrons. The van der Waals surface area contributed by atoms with Crippen molar-refractivity contribution >= 4 is 46.4 Å². The van der Waals surface area contributed by atoms with Crippen LogP contribution in [0, 0.1) is 11.8 Å². The Morgan fingerprint density at radius 3 is 2.56 bits per heavy atom. The highest BCUT2D eigenvalue weighted by Gasteiger charge is 2.62. The van der Waals surface area contributed by atoms with Gasteiger partial charge in [0, 0.05) is 30.1 Å². The van der Waals surface area contributed by atoms with Crippen LogP contribution < -0.4 is 20.7 Å². The van der Waals surface area contributed by atoms with Gasteiger partial charge in [0.1, 0.15) is 31.6 Å². The van der Waals surface area contributed by atoms with Gasteiger partial charge in [0.25, 0.3) is 0 Å². The Hall–Kier alpha value is -5.28. The monoisotopic (exact) mass is 787 g/mol. The fraction of sp³-hybridized carbons (Fsp3) is 0.524. The Bertz CT molecular complexity index is 1970. The Balaban J connectivity index is 1.12. The van der Waals surface area contributed by atoms with Crippen LogP contribution >= 0.6 is 0 Å². The van der Waals surface area contributed by atoms with Gasteiger partial charge in [-0.15, -0.1) is 0 Å². The third kappa shape index (κ3) is 8.69. The molecule has 15 nitrogen and oxygen atoms in total. The summed E-state index contributed by atoms with van der Waals surface area (Å²) in [5, 5.41) is 9.66. The molecule has 0 saturated carbocycles. The third-order valence-electron chi connectivity index (χ3n) is 11.3. The maximum absolute atomic E-state index is 14.2. The van der Waals surface area contributed by atoms with E-state index in [0.717, 1.165) is 59.3 Å². The molecule has 2 aromatic carbocycles. The summed E-state index contributed by atoms with van der Waals surface area (Å²) in [4.78, 5) is 73.5. The molecule has 6 rings (SSSR count). The first-order valence-electron chi connectivity index (χ1n) is 19.8. The number of rotatable bonds is 17. The van der Waals surface area contributed by atoms with Crippen molar-refractivity contribution in [1.82, 2.24) is 20.5 Å². The standard InChI is InChI=1S/C42H53N5O10/c1-6-28-29-19-27(53-5)16-17-33(29)46-37-30(28)21-47-35(37)20-32-31(39(47)50)23-55-40(51)42(32,7-2)57-41(52)56-22-25-12-14-26(15-13-25)44-38(49)34(11-9-10-18-43-4)45-36(48)24-54-8-3/h12-17,19,31-32,34-35,43H,6-11,18,20-24H2,1-5H3,(H,44,49)(H,45,48). The van der Waals surface area contributed by atoms with E-state index in [1.54, 1.807) is 45.2 Å². The summed E-state index contributed by atoms with van der Waals surface area (Å²) in [6.07, 6.45) is 2.14. The van der Waals surface area contributed by atoms with Crippen molar-refractivity contribution in [2.24, 2.45) is 11.8 Å². The molecule has 5 unspecified atom stereocenters. The van der Waals surface area contributed by atoms with Gasteiger partial charge < -0.3 is 44.5 Å². The zero-order chi connectivity index (χ0) is 40.7. The van der Waals surface area contributed by atoms with Crippen LogP contribution in [0.15, 0.2) is 42.5 Å². The van der Waals surface area contributed by atoms with E-state index in [1.807, 2.05) is 30.1 Å². The Morgan fingerprint density at radius 1 is 1.07 bits per heavy atom. The Morgan fingerprint density at radius 2 is 1.86 bits per heavy atom. The topological polar surface area (TPSA) is 184 Å². The summed E-state index contributed by atoms with van der Waals surface area (Å²) in [5.41, 5.74) is 3.05. The molecular formula is C42H53N5O10. The van der Waals surface area contributed by atoms with Gasteiger partial charge in [-0.2, -0.15) is 0 Å². The first kappa shape index (κ1) is 41.4. The molecule has 3 N–H and O–H groups in total. The molecule has 2 fully saturated rings. The summed E-state index contributed by atoms with van der Waals surface area (Å²) in [6, 6.07) is 11.3. The zero-order valence-electron chi connectivity index (χ0n) is 33.3. The Kier molecular flexibility index (Phi) is 13.3. The number of methoxy groups -OCH3 is 1. The van der Waals surface area contributed by atoms with Crippen LogP contribution in [0.3, 0.4) is 0 Å². The van der Waals surface area contributed by atoms with Crippen molar-refractivity contribution in [2.75, 3.05) is 45.8 Å². The number of cyclic esters (lactones) is 1. The Labute approximate surface area is 332 Å². The first-order chi connectivity index (χ1) is 27.6. The molecule has 3 amide bonds. The number of esters is 1. The van der Waals surface area contributed by atoms with Crippen LogP contribution in [0.1, 0.15) is 81.3 Å². The molecular weight excluding hydrogens is 734 g/mol. The van der Waals surface area contributed by atoms with Gasteiger partial charge in [0.05, 0.1) is 30.3 Å². The minimum atomic E-state index is -1.74. The maximum atomic E-state index is 14.2. The number of hydrogen-bond donors (Lipinski definition) is 3. The van der Waals surface area contributed by atoms with Crippen LogP contribution in [-0.4, -0.2) is 91.9 Å². The van der Waals surface area contributed by atoms with E-state index in [1.165, 1.54) is 0 Å². The van der Waals surface area contributed by atoms with Gasteiger partial charge in [-0.25, -0.2) is 9.59 Å². The van der Waals surface area contributed by atoms with E-state index < -0.39 is 41.6 Å². The number of anilines is 1. The lowest BCUT2D eigenvalue weighted by Crippen LogP contribution is -2.62. The van der Waals surface area contributed by atoms with Gasteiger partial charge in [-0.1, -0.05) is 26.0 Å². The maximum Gasteiger partial charge on any atom is 0.509 e. The van der Waals surface area contributed by atoms with Crippen molar-refractivity contribution in [3.8, 4) is 5.75 Å². The number of carbonyl (C=O) groups is 5. The molecule has 3 aliphatic heterocycles. The number of amides is 3. The van der Waals surface area contributed by atoms with E-state index in [-0.39, 0.29) is 44.0 Å². The fourth-order valence-electron chi connectivity index (χ4n) is 8.36. The number of pyridine rings is 1. The van der Waals surface area contributed by atoms with Crippen molar-refractivity contribution in [3.63, 3.8) is 0 Å². The average Bonchev–Trinajstić information content (AvgIpc) is 3.59. The van der Waals surface area contributed by atoms with E-state index in [4.69, 9.17) is 28.7 Å². The molecule has 306 valence electrons. The van der Waals surface area contributed by atoms with Gasteiger partial charge in [-0.05, 0) is 106 Å². The zero-order valence-corrected chi connectivity index (χ0v) is 33.3. The molecule has 1 aromatic heterocycles. The number of aryl methyl sites for hydroxylation is 1. The molecule has 0 spiro atoms. The van der Waals surface area contributed by atoms with Gasteiger partial charge in [0.15, 0.2) is 0 Å². The molecule has 0 aliphatic carbocycles. The number of nitrogens with zero attached hydrogens (tertiary/aromatic N) is 2. The predicted molar refractivity (Wildman–Crippen MR) is 209 cm³/mol. The molecule has 3 aliphatic rings. The minimum absolute atomic E-state index is 0.0804. The number of nitrogens with one attached hydrogen (secondary N) is 3. The summed E-state index contributed by atoms with van der Waals surface area (Å²) < 4.78 is 27.7. The average molecular weight is 788 g/mol. The number of piperidine rings is 1. The number of fused-ring (bicyclic) bond motifs is 5. The fourth-order valence-corrected chi connectivity index (χ4v) is 8.36. The van der Waals surface area contributed by atoms with Gasteiger partial charge in [-0.3, -0.25) is 19.4 Å². The predicted octanol–water partition coefficient (Wildman–Crippen LogP) is 4.73. The molecule has 2 saturated heterocycles. The molecule has 57 heavy (non-hydrogen) atoms. The lowest BCUT2D eigenvalue weighted by atomic mass is 9.68. The number of aromatic nitrogens is 1. The number of unbranched alkanes of at least 4 members (excludes halogenated alkanes) is 1. The highest BCUT2D eigenvalue weighted by atomic mass is 16.7. The number of hydrogen-bond acceptors (Lipinski definition) is 12. The summed E-state index contributed by atoms with van der Waals surface area (Å²) in [6.45, 7) is 6.76. The molecule has 5 atom stereocenters. The van der Waals surface area contributed by atoms with Crippen molar-refractivity contribution in [2.45, 2.75) is 90.1 Å². The normalized spacial score (nSPS) is 21.5. The van der Waals surface area contributed by atoms with Crippen molar-refractivity contribution in [3.05, 3.63) is 64.8 Å². The lowest BCUT2D eigenvalue weighted by molar-refractivity contribution is -0.206. The SMILES string of the molecule is CCOCC(=O)NC(CCCCNC)C(=O)Nc1ccc(COC(=O)OC2(CC)C(=O)OCC3C(=O)N4Cc5c(nc6ccc(OC)cc6c5CC)C4CC32)cc1. The first-order valence-corrected chi connectivity index (χ1v) is 19.8. The molecule has 4 heterocycles. The highest BCUT2D eigenvalue weighted by Crippen LogP contribution is 2.52. The van der Waals surface area contributed by atoms with E-state index in [9.17, 15) is 24.0 Å². The van der Waals surface area contributed by atoms with Crippen LogP contribution in [0.2, 0.25) is 0 Å². The van der Waals surface area contributed by atoms with E-state index in [2.05, 4.69) is 22.9 Å². The quantitative estimate of drug-likeness (QED) is 0.127. The minimum Gasteiger partial charge on any atom is -0.497 e. The van der Waals surface area contributed by atoms with Crippen LogP contribution in [-0.2, 0) is 57.7 Å². The van der Waals surface area contributed by atoms with Gasteiger partial charge >= 0.3 is 12.1 Å². The van der Waals surface area contributed by atoms with Crippen LogP contribution in [0.5, 0.6) is 5.75 Å². The van der Waals surface area contributed by atoms with Gasteiger partial charge in [0.2, 0.25) is 23.3 Å². The highest BCUT2D eigenvalue weighted by molar-refractivity contribution is 5.97. The second-order valence-corrected chi connectivity index (χ2v) is 14.6. The molecule has 0 bridgehead atoms. The smallest absolute Gasteiger partial charge is 0.497 e. The summed E-state index contributed by atoms with van der Waals surface area (Å²) in [7, 11) is 3.48. The molecule has 3 aromatic rings. The van der Waals surface area contributed by atoms with Crippen LogP contribution in [0.4, 0.5) is 10.5 Å². The second-order valence-electron chi connectivity index (χ2n) is 14.6. The third-order valence-corrected chi connectivity index (χ3v) is 11.3. The molecule has 15 heteroatoms. The largest absolute Gasteiger partial charge is 0.509 e. The summed E-state index contributed by atoms with van der Waals surface area (Å²) >= 11 is 0. The number of carbonyl (C=O) groups excluding carboxylic acids is 5.